The molecule has 37 heavy (non-hydrogen) atoms. The van der Waals surface area contributed by atoms with E-state index < -0.39 is 15.2 Å². The van der Waals surface area contributed by atoms with Crippen LogP contribution in [0.1, 0.15) is 12.5 Å². The second-order valence-electron chi connectivity index (χ2n) is 6.88. The first-order valence-corrected chi connectivity index (χ1v) is 11.9. The Balaban J connectivity index is 0.00000115. The minimum absolute atomic E-state index is 0. The third-order valence-corrected chi connectivity index (χ3v) is 6.79. The van der Waals surface area contributed by atoms with Crippen LogP contribution < -0.4 is 15.9 Å². The fourth-order valence-electron chi connectivity index (χ4n) is 3.03. The van der Waals surface area contributed by atoms with E-state index in [0.29, 0.717) is 0 Å². The molecule has 4 aromatic carbocycles. The smallest absolute Gasteiger partial charge is 0.418 e. The first-order valence-electron chi connectivity index (χ1n) is 10.6. The maximum Gasteiger partial charge on any atom is 2.00 e. The Kier molecular flexibility index (Phi) is 16.7. The van der Waals surface area contributed by atoms with E-state index >= 15 is 0 Å². The molecule has 0 aliphatic rings. The third kappa shape index (κ3) is 13.1. The minimum atomic E-state index is -6.00. The summed E-state index contributed by atoms with van der Waals surface area (Å²) >= 11 is 0. The van der Waals surface area contributed by atoms with Crippen LogP contribution in [0.4, 0.5) is 23.0 Å². The monoisotopic (exact) mass is 614 g/mol. The van der Waals surface area contributed by atoms with Crippen molar-refractivity contribution in [2.75, 3.05) is 0 Å². The molecule has 0 radical (unpaired) electrons. The van der Waals surface area contributed by atoms with Crippen LogP contribution in [0.25, 0.3) is 0 Å². The summed E-state index contributed by atoms with van der Waals surface area (Å²) in [7, 11) is -6.66. The van der Waals surface area contributed by atoms with E-state index in [2.05, 4.69) is 97.1 Å². The van der Waals surface area contributed by atoms with Crippen molar-refractivity contribution in [2.45, 2.75) is 6.92 Å². The second kappa shape index (κ2) is 18.2. The Labute approximate surface area is 231 Å². The van der Waals surface area contributed by atoms with E-state index in [1.165, 1.54) is 22.8 Å². The van der Waals surface area contributed by atoms with Gasteiger partial charge in [-0.05, 0) is 30.2 Å². The molecule has 2 nitrogen and oxygen atoms in total. The second-order valence-corrected chi connectivity index (χ2v) is 9.07. The zero-order chi connectivity index (χ0) is 25.5. The van der Waals surface area contributed by atoms with Crippen molar-refractivity contribution in [1.29, 1.82) is 5.26 Å². The predicted octanol–water partition coefficient (Wildman–Crippen LogP) is 7.47. The van der Waals surface area contributed by atoms with Gasteiger partial charge in [0.15, 0.2) is 0 Å². The molecule has 0 bridgehead atoms. The summed E-state index contributed by atoms with van der Waals surface area (Å²) in [6.45, 7) is 1.43. The topological polar surface area (TPSA) is 36.1 Å². The first-order chi connectivity index (χ1) is 16.8. The molecule has 4 rings (SSSR count). The molecule has 0 atom stereocenters. The number of nitrogens with zero attached hydrogens (tertiary/aromatic N) is 2. The minimum Gasteiger partial charge on any atom is -0.418 e. The molecule has 0 N–H and O–H groups in total. The molecule has 0 spiro atoms. The van der Waals surface area contributed by atoms with E-state index in [0.717, 1.165) is 11.3 Å². The Morgan fingerprint density at radius 1 is 0.703 bits per heavy atom. The van der Waals surface area contributed by atoms with Crippen LogP contribution in [0.3, 0.4) is 0 Å². The van der Waals surface area contributed by atoms with Crippen molar-refractivity contribution in [3.8, 4) is 6.07 Å². The van der Waals surface area contributed by atoms with Crippen LogP contribution in [0, 0.1) is 18.8 Å². The SMILES string of the molecule is C(=Nc1ccccc1P(c1ccccc1)c1ccccc1)c1ccccc1.CC#N.F[B-](F)(F)F.[CH3-].[Pd+2]. The Hall–Kier alpha value is -3.08. The summed E-state index contributed by atoms with van der Waals surface area (Å²) in [5.74, 6) is 0. The third-order valence-electron chi connectivity index (χ3n) is 4.30. The average Bonchev–Trinajstić information content (AvgIpc) is 2.85. The predicted molar refractivity (Wildman–Crippen MR) is 147 cm³/mol. The van der Waals surface area contributed by atoms with Gasteiger partial charge in [0.2, 0.25) is 0 Å². The van der Waals surface area contributed by atoms with Gasteiger partial charge in [0.1, 0.15) is 0 Å². The summed E-state index contributed by atoms with van der Waals surface area (Å²) in [6, 6.07) is 42.0. The van der Waals surface area contributed by atoms with Crippen molar-refractivity contribution in [2.24, 2.45) is 4.99 Å². The number of benzene rings is 4. The number of para-hydroxylation sites is 1. The molecule has 0 fully saturated rings. The van der Waals surface area contributed by atoms with Crippen LogP contribution in [-0.4, -0.2) is 13.5 Å². The molecule has 0 heterocycles. The standard InChI is InChI=1S/C25H20NP.C2H3N.CH3.BF4.Pd/c1-4-12-21(13-5-1)20-26-24-18-10-11-19-25(24)27(22-14-6-2-7-15-22)23-16-8-3-9-17-23;1-2-3;;2-1(3,4)5;/h1-20H;1H3;1H3;;/q;;2*-1;+2. The molecule has 0 saturated carbocycles. The van der Waals surface area contributed by atoms with Crippen molar-refractivity contribution >= 4 is 43.0 Å². The van der Waals surface area contributed by atoms with Gasteiger partial charge in [0.25, 0.3) is 0 Å². The average molecular weight is 615 g/mol. The molecular formula is C28H26BF4N2PPd. The summed E-state index contributed by atoms with van der Waals surface area (Å²) in [4.78, 5) is 4.84. The zero-order valence-electron chi connectivity index (χ0n) is 20.3. The molecule has 194 valence electrons. The number of hydrogen-bond donors (Lipinski definition) is 0. The van der Waals surface area contributed by atoms with Gasteiger partial charge >= 0.3 is 27.7 Å². The summed E-state index contributed by atoms with van der Waals surface area (Å²) < 4.78 is 39.0. The van der Waals surface area contributed by atoms with Crippen LogP contribution in [0.2, 0.25) is 0 Å². The van der Waals surface area contributed by atoms with Crippen molar-refractivity contribution in [1.82, 2.24) is 0 Å². The molecule has 0 unspecified atom stereocenters. The van der Waals surface area contributed by atoms with Gasteiger partial charge in [0, 0.05) is 18.4 Å². The molecule has 0 aromatic heterocycles. The van der Waals surface area contributed by atoms with Gasteiger partial charge in [-0.3, -0.25) is 4.99 Å². The fraction of sp³-hybridized carbons (Fsp3) is 0.0357. The molecule has 4 aromatic rings. The van der Waals surface area contributed by atoms with Crippen LogP contribution in [-0.2, 0) is 20.4 Å². The summed E-state index contributed by atoms with van der Waals surface area (Å²) in [6.07, 6.45) is 1.95. The molecular weight excluding hydrogens is 589 g/mol. The van der Waals surface area contributed by atoms with E-state index in [-0.39, 0.29) is 27.8 Å². The number of rotatable bonds is 5. The molecule has 0 aliphatic heterocycles. The fourth-order valence-corrected chi connectivity index (χ4v) is 5.42. The number of halogens is 4. The molecule has 0 saturated heterocycles. The summed E-state index contributed by atoms with van der Waals surface area (Å²) in [5, 5.41) is 11.3. The maximum atomic E-state index is 9.75. The van der Waals surface area contributed by atoms with Crippen LogP contribution >= 0.6 is 7.92 Å². The van der Waals surface area contributed by atoms with E-state index in [4.69, 9.17) is 10.3 Å². The number of hydrogen-bond acceptors (Lipinski definition) is 2. The first kappa shape index (κ1) is 33.9. The zero-order valence-corrected chi connectivity index (χ0v) is 22.7. The normalized spacial score (nSPS) is 9.97. The maximum absolute atomic E-state index is 9.75. The molecule has 0 amide bonds. The quantitative estimate of drug-likeness (QED) is 0.0756. The van der Waals surface area contributed by atoms with Crippen LogP contribution in [0.5, 0.6) is 0 Å². The van der Waals surface area contributed by atoms with Crippen molar-refractivity contribution < 1.29 is 37.7 Å². The van der Waals surface area contributed by atoms with E-state index in [1.54, 1.807) is 6.07 Å². The largest absolute Gasteiger partial charge is 2.00 e. The number of aliphatic imine (C=N–C) groups is 1. The van der Waals surface area contributed by atoms with Crippen molar-refractivity contribution in [3.63, 3.8) is 0 Å². The van der Waals surface area contributed by atoms with E-state index in [9.17, 15) is 17.3 Å². The number of nitriles is 1. The van der Waals surface area contributed by atoms with Gasteiger partial charge in [-0.25, -0.2) is 0 Å². The van der Waals surface area contributed by atoms with Gasteiger partial charge in [-0.2, -0.15) is 5.26 Å². The van der Waals surface area contributed by atoms with Crippen LogP contribution in [0.15, 0.2) is 120 Å². The van der Waals surface area contributed by atoms with Crippen molar-refractivity contribution in [3.05, 3.63) is 128 Å². The van der Waals surface area contributed by atoms with Gasteiger partial charge in [-0.1, -0.05) is 109 Å². The summed E-state index contributed by atoms with van der Waals surface area (Å²) in [5.41, 5.74) is 2.14. The van der Waals surface area contributed by atoms with E-state index in [1.807, 2.05) is 24.4 Å². The van der Waals surface area contributed by atoms with Gasteiger partial charge < -0.3 is 24.7 Å². The molecule has 0 aliphatic carbocycles. The Morgan fingerprint density at radius 2 is 1.05 bits per heavy atom. The Morgan fingerprint density at radius 3 is 1.49 bits per heavy atom. The van der Waals surface area contributed by atoms with Gasteiger partial charge in [0.05, 0.1) is 11.8 Å². The molecule has 9 heteroatoms. The Bertz CT molecular complexity index is 1170. The van der Waals surface area contributed by atoms with Gasteiger partial charge in [-0.15, -0.1) is 0 Å².